The van der Waals surface area contributed by atoms with Crippen LogP contribution in [0.5, 0.6) is 0 Å². The van der Waals surface area contributed by atoms with Crippen LogP contribution in [0.25, 0.3) is 33.5 Å². The van der Waals surface area contributed by atoms with Crippen molar-refractivity contribution in [2.24, 2.45) is 5.92 Å². The topological polar surface area (TPSA) is 98.8 Å². The normalized spacial score (nSPS) is 17.0. The predicted octanol–water partition coefficient (Wildman–Crippen LogP) is 6.03. The minimum Gasteiger partial charge on any atom is -0.481 e. The van der Waals surface area contributed by atoms with Gasteiger partial charge >= 0.3 is 5.97 Å². The van der Waals surface area contributed by atoms with Crippen molar-refractivity contribution in [2.45, 2.75) is 71.8 Å². The van der Waals surface area contributed by atoms with Gasteiger partial charge < -0.3 is 19.3 Å². The Labute approximate surface area is 256 Å². The molecule has 226 valence electrons. The number of aromatic nitrogens is 3. The second-order valence-electron chi connectivity index (χ2n) is 12.1. The molecule has 1 saturated heterocycles. The van der Waals surface area contributed by atoms with E-state index in [0.717, 1.165) is 57.1 Å². The van der Waals surface area contributed by atoms with Crippen LogP contribution < -0.4 is 4.98 Å². The number of thiazole rings is 1. The zero-order valence-electron chi connectivity index (χ0n) is 25.3. The summed E-state index contributed by atoms with van der Waals surface area (Å²) in [6.45, 7) is 8.36. The lowest BCUT2D eigenvalue weighted by atomic mass is 9.83. The van der Waals surface area contributed by atoms with Crippen molar-refractivity contribution >= 4 is 34.1 Å². The standard InChI is InChI=1S/C34H40N4O4S/c1-21(34(40)41)17-27-19-28(24-7-5-4-6-8-24)33(38(27)20-31(39)37-13-15-42-16-14-37)26-10-11-29-25(18-26)9-12-30(36-29)32-22(2)43-23(3)35-32/h9-12,18-19,21,24H,4-8,13-17,20H2,1-3H3,(H,40,41)/p+1. The number of hydrogen-bond acceptors (Lipinski definition) is 5. The van der Waals surface area contributed by atoms with Crippen LogP contribution in [0.4, 0.5) is 0 Å². The highest BCUT2D eigenvalue weighted by Gasteiger charge is 2.29. The molecule has 1 unspecified atom stereocenters. The minimum absolute atomic E-state index is 0.0457. The Hall–Kier alpha value is -3.56. The molecule has 2 fully saturated rings. The van der Waals surface area contributed by atoms with Gasteiger partial charge in [-0.1, -0.05) is 49.7 Å². The van der Waals surface area contributed by atoms with E-state index in [1.807, 2.05) is 4.90 Å². The quantitative estimate of drug-likeness (QED) is 0.266. The summed E-state index contributed by atoms with van der Waals surface area (Å²) in [5.41, 5.74) is 7.14. The molecule has 0 radical (unpaired) electrons. The van der Waals surface area contributed by atoms with Gasteiger partial charge in [-0.25, -0.2) is 4.98 Å². The molecule has 0 bridgehead atoms. The van der Waals surface area contributed by atoms with Gasteiger partial charge in [0.2, 0.25) is 16.6 Å². The fourth-order valence-corrected chi connectivity index (χ4v) is 7.57. The van der Waals surface area contributed by atoms with E-state index >= 15 is 0 Å². The lowest BCUT2D eigenvalue weighted by Crippen LogP contribution is -2.42. The summed E-state index contributed by atoms with van der Waals surface area (Å²) in [6.07, 6.45) is 6.21. The number of benzene rings is 1. The molecular weight excluding hydrogens is 560 g/mol. The zero-order valence-corrected chi connectivity index (χ0v) is 26.1. The maximum Gasteiger partial charge on any atom is 0.306 e. The third-order valence-corrected chi connectivity index (χ3v) is 9.95. The van der Waals surface area contributed by atoms with E-state index in [9.17, 15) is 14.7 Å². The molecule has 43 heavy (non-hydrogen) atoms. The molecule has 4 aromatic rings. The zero-order chi connectivity index (χ0) is 30.1. The number of aryl methyl sites for hydroxylation is 2. The average Bonchev–Trinajstić information content (AvgIpc) is 3.55. The van der Waals surface area contributed by atoms with Crippen molar-refractivity contribution in [1.29, 1.82) is 0 Å². The molecule has 8 nitrogen and oxygen atoms in total. The number of carbonyl (C=O) groups excluding carboxylic acids is 1. The summed E-state index contributed by atoms with van der Waals surface area (Å²) in [5.74, 6) is -0.948. The number of nitrogens with zero attached hydrogens (tertiary/aromatic N) is 3. The lowest BCUT2D eigenvalue weighted by molar-refractivity contribution is -0.367. The molecule has 0 spiro atoms. The van der Waals surface area contributed by atoms with E-state index < -0.39 is 11.9 Å². The highest BCUT2D eigenvalue weighted by Crippen LogP contribution is 2.41. The number of ether oxygens (including phenoxy) is 1. The minimum atomic E-state index is -0.825. The first-order valence-electron chi connectivity index (χ1n) is 15.5. The number of nitrogens with one attached hydrogen (secondary N) is 1. The Balaban J connectivity index is 1.46. The number of carbonyl (C=O) groups is 2. The smallest absolute Gasteiger partial charge is 0.306 e. The van der Waals surface area contributed by atoms with Gasteiger partial charge in [-0.05, 0) is 61.1 Å². The van der Waals surface area contributed by atoms with Gasteiger partial charge in [-0.15, -0.1) is 0 Å². The first-order chi connectivity index (χ1) is 20.8. The summed E-state index contributed by atoms with van der Waals surface area (Å²) in [6, 6.07) is 12.8. The number of aliphatic carboxylic acids is 1. The van der Waals surface area contributed by atoms with Crippen molar-refractivity contribution in [3.05, 3.63) is 57.5 Å². The molecule has 9 heteroatoms. The van der Waals surface area contributed by atoms with Gasteiger partial charge in [0.1, 0.15) is 12.2 Å². The van der Waals surface area contributed by atoms with Crippen LogP contribution in [0.3, 0.4) is 0 Å². The maximum atomic E-state index is 13.6. The summed E-state index contributed by atoms with van der Waals surface area (Å²) in [4.78, 5) is 37.1. The molecule has 1 aliphatic heterocycles. The number of carboxylic acid groups (broad SMARTS) is 1. The first kappa shape index (κ1) is 29.5. The molecule has 1 aliphatic carbocycles. The van der Waals surface area contributed by atoms with Crippen molar-refractivity contribution < 1.29 is 24.4 Å². The number of carboxylic acids is 1. The molecule has 4 heterocycles. The van der Waals surface area contributed by atoms with Crippen LogP contribution in [0.1, 0.15) is 66.1 Å². The van der Waals surface area contributed by atoms with E-state index in [0.29, 0.717) is 38.6 Å². The summed E-state index contributed by atoms with van der Waals surface area (Å²) in [7, 11) is 0. The molecule has 2 N–H and O–H groups in total. The molecule has 6 rings (SSSR count). The van der Waals surface area contributed by atoms with E-state index in [1.165, 1.54) is 29.7 Å². The van der Waals surface area contributed by atoms with Crippen LogP contribution in [-0.2, 0) is 27.3 Å². The fourth-order valence-electron chi connectivity index (χ4n) is 6.70. The molecular formula is C34H41N4O4S+. The van der Waals surface area contributed by atoms with Crippen molar-refractivity contribution in [3.63, 3.8) is 0 Å². The monoisotopic (exact) mass is 601 g/mol. The van der Waals surface area contributed by atoms with Gasteiger partial charge in [0.25, 0.3) is 0 Å². The van der Waals surface area contributed by atoms with E-state index in [4.69, 9.17) is 9.72 Å². The predicted molar refractivity (Wildman–Crippen MR) is 168 cm³/mol. The van der Waals surface area contributed by atoms with E-state index in [-0.39, 0.29) is 12.5 Å². The van der Waals surface area contributed by atoms with Crippen LogP contribution in [-0.4, -0.2) is 57.7 Å². The van der Waals surface area contributed by atoms with Gasteiger partial charge in [-0.2, -0.15) is 4.98 Å². The third kappa shape index (κ3) is 6.24. The Morgan fingerprint density at radius 3 is 2.56 bits per heavy atom. The van der Waals surface area contributed by atoms with Crippen molar-refractivity contribution in [1.82, 2.24) is 14.5 Å². The third-order valence-electron chi connectivity index (χ3n) is 9.03. The molecule has 1 atom stereocenters. The fraction of sp³-hybridized carbons (Fsp3) is 0.471. The Morgan fingerprint density at radius 2 is 1.86 bits per heavy atom. The van der Waals surface area contributed by atoms with Crippen LogP contribution >= 0.6 is 11.3 Å². The molecule has 1 saturated carbocycles. The van der Waals surface area contributed by atoms with Gasteiger partial charge in [0.15, 0.2) is 0 Å². The van der Waals surface area contributed by atoms with Gasteiger partial charge in [0, 0.05) is 37.5 Å². The number of H-pyrrole nitrogens is 1. The number of amides is 1. The first-order valence-corrected chi connectivity index (χ1v) is 16.3. The number of rotatable bonds is 8. The van der Waals surface area contributed by atoms with E-state index in [1.54, 1.807) is 18.3 Å². The average molecular weight is 602 g/mol. The number of morpholine rings is 1. The van der Waals surface area contributed by atoms with Crippen LogP contribution in [0.2, 0.25) is 0 Å². The molecule has 3 aromatic heterocycles. The molecule has 2 aliphatic rings. The number of pyridine rings is 1. The second kappa shape index (κ2) is 12.6. The van der Waals surface area contributed by atoms with Crippen LogP contribution in [0.15, 0.2) is 36.4 Å². The van der Waals surface area contributed by atoms with Crippen LogP contribution in [0, 0.1) is 19.8 Å². The Kier molecular flexibility index (Phi) is 8.63. The van der Waals surface area contributed by atoms with Gasteiger partial charge in [0.05, 0.1) is 35.2 Å². The highest BCUT2D eigenvalue weighted by atomic mass is 32.1. The Morgan fingerprint density at radius 1 is 1.09 bits per heavy atom. The second-order valence-corrected chi connectivity index (χ2v) is 13.5. The molecule has 1 amide bonds. The van der Waals surface area contributed by atoms with Crippen molar-refractivity contribution in [2.75, 3.05) is 26.3 Å². The summed E-state index contributed by atoms with van der Waals surface area (Å²) in [5, 5.41) is 12.0. The van der Waals surface area contributed by atoms with E-state index in [2.05, 4.69) is 59.8 Å². The lowest BCUT2D eigenvalue weighted by Gasteiger charge is -2.28. The summed E-state index contributed by atoms with van der Waals surface area (Å²) >= 11 is 1.74. The summed E-state index contributed by atoms with van der Waals surface area (Å²) < 4.78 is 7.61. The molecule has 1 aromatic carbocycles. The van der Waals surface area contributed by atoms with Crippen molar-refractivity contribution in [3.8, 4) is 22.6 Å². The largest absolute Gasteiger partial charge is 0.481 e. The Bertz CT molecular complexity index is 1650. The number of aromatic amines is 1. The number of fused-ring (bicyclic) bond motifs is 1. The number of hydrogen-bond donors (Lipinski definition) is 1. The maximum absolute atomic E-state index is 13.6. The highest BCUT2D eigenvalue weighted by molar-refractivity contribution is 7.11. The SMILES string of the molecule is Cc1[nH+]c(-c2ccc3cc(-c4c(C5CCCCC5)cc(CC(C)C(=O)O)n4CC(=O)N4CCOCC4)ccc3n2)c(C)s1. The van der Waals surface area contributed by atoms with Gasteiger partial charge in [-0.3, -0.25) is 9.59 Å².